The van der Waals surface area contributed by atoms with Gasteiger partial charge in [0, 0.05) is 6.07 Å². The number of rotatable bonds is 3. The number of allylic oxidation sites excluding steroid dienone is 1. The van der Waals surface area contributed by atoms with Gasteiger partial charge in [0.05, 0.1) is 0 Å². The SMILES string of the molecule is C/C(=C/c1ccc2c(c1)C(C)(C)CCC2(C)C)c1cc(C(=O)O)no1. The number of nitrogens with zero attached hydrogens (tertiary/aromatic N) is 1. The molecule has 2 aromatic rings. The molecule has 1 aliphatic carbocycles. The van der Waals surface area contributed by atoms with E-state index in [2.05, 4.69) is 51.1 Å². The quantitative estimate of drug-likeness (QED) is 0.826. The summed E-state index contributed by atoms with van der Waals surface area (Å²) in [7, 11) is 0. The van der Waals surface area contributed by atoms with E-state index in [1.807, 2.05) is 13.0 Å². The Morgan fingerprint density at radius 3 is 2.36 bits per heavy atom. The summed E-state index contributed by atoms with van der Waals surface area (Å²) >= 11 is 0. The van der Waals surface area contributed by atoms with Gasteiger partial charge < -0.3 is 9.63 Å². The first kappa shape index (κ1) is 17.5. The van der Waals surface area contributed by atoms with E-state index in [-0.39, 0.29) is 16.5 Å². The second-order valence-electron chi connectivity index (χ2n) is 8.28. The fourth-order valence-electron chi connectivity index (χ4n) is 3.58. The van der Waals surface area contributed by atoms with Crippen LogP contribution in [0, 0.1) is 0 Å². The highest BCUT2D eigenvalue weighted by Gasteiger charge is 2.36. The number of hydrogen-bond donors (Lipinski definition) is 1. The molecule has 0 unspecified atom stereocenters. The molecule has 0 saturated heterocycles. The zero-order valence-electron chi connectivity index (χ0n) is 15.5. The minimum absolute atomic E-state index is 0.0731. The van der Waals surface area contributed by atoms with Crippen LogP contribution in [0.15, 0.2) is 28.8 Å². The molecular weight excluding hydrogens is 314 g/mol. The molecule has 0 radical (unpaired) electrons. The van der Waals surface area contributed by atoms with Crippen molar-refractivity contribution < 1.29 is 14.4 Å². The number of carbonyl (C=O) groups is 1. The van der Waals surface area contributed by atoms with Crippen LogP contribution < -0.4 is 0 Å². The van der Waals surface area contributed by atoms with Crippen LogP contribution >= 0.6 is 0 Å². The molecule has 0 spiro atoms. The van der Waals surface area contributed by atoms with Crippen LogP contribution in [-0.4, -0.2) is 16.2 Å². The van der Waals surface area contributed by atoms with Gasteiger partial charge in [0.15, 0.2) is 11.5 Å². The zero-order valence-corrected chi connectivity index (χ0v) is 15.5. The van der Waals surface area contributed by atoms with Gasteiger partial charge in [-0.05, 0) is 58.9 Å². The predicted octanol–water partition coefficient (Wildman–Crippen LogP) is 5.28. The monoisotopic (exact) mass is 339 g/mol. The van der Waals surface area contributed by atoms with Gasteiger partial charge in [0.2, 0.25) is 0 Å². The highest BCUT2D eigenvalue weighted by molar-refractivity contribution is 5.87. The molecule has 0 bridgehead atoms. The van der Waals surface area contributed by atoms with Gasteiger partial charge in [0.1, 0.15) is 0 Å². The average Bonchev–Trinajstić information content (AvgIpc) is 3.02. The molecule has 132 valence electrons. The zero-order chi connectivity index (χ0) is 18.4. The molecule has 0 aliphatic heterocycles. The second kappa shape index (κ2) is 5.87. The van der Waals surface area contributed by atoms with Gasteiger partial charge in [-0.1, -0.05) is 51.1 Å². The number of aromatic nitrogens is 1. The molecule has 1 heterocycles. The highest BCUT2D eigenvalue weighted by atomic mass is 16.5. The van der Waals surface area contributed by atoms with Crippen molar-refractivity contribution in [1.29, 1.82) is 0 Å². The Morgan fingerprint density at radius 1 is 1.12 bits per heavy atom. The number of aromatic carboxylic acids is 1. The third-order valence-electron chi connectivity index (χ3n) is 5.38. The molecule has 1 aromatic carbocycles. The van der Waals surface area contributed by atoms with Crippen molar-refractivity contribution in [3.8, 4) is 0 Å². The van der Waals surface area contributed by atoms with Crippen molar-refractivity contribution in [3.63, 3.8) is 0 Å². The number of fused-ring (bicyclic) bond motifs is 1. The summed E-state index contributed by atoms with van der Waals surface area (Å²) in [5, 5.41) is 12.5. The third kappa shape index (κ3) is 3.26. The van der Waals surface area contributed by atoms with Crippen molar-refractivity contribution in [3.05, 3.63) is 52.4 Å². The summed E-state index contributed by atoms with van der Waals surface area (Å²) in [6, 6.07) is 8.08. The first-order chi connectivity index (χ1) is 11.6. The lowest BCUT2D eigenvalue weighted by atomic mass is 9.63. The van der Waals surface area contributed by atoms with E-state index in [0.29, 0.717) is 5.76 Å². The Labute approximate surface area is 148 Å². The normalized spacial score (nSPS) is 18.7. The second-order valence-corrected chi connectivity index (χ2v) is 8.28. The maximum Gasteiger partial charge on any atom is 0.358 e. The summed E-state index contributed by atoms with van der Waals surface area (Å²) < 4.78 is 5.15. The van der Waals surface area contributed by atoms with Gasteiger partial charge >= 0.3 is 5.97 Å². The van der Waals surface area contributed by atoms with Crippen molar-refractivity contribution in [2.75, 3.05) is 0 Å². The molecule has 0 amide bonds. The predicted molar refractivity (Wildman–Crippen MR) is 98.7 cm³/mol. The number of hydrogen-bond acceptors (Lipinski definition) is 3. The Kier molecular flexibility index (Phi) is 4.10. The molecule has 0 atom stereocenters. The standard InChI is InChI=1S/C21H25NO3/c1-13(18-12-17(19(23)24)22-25-18)10-14-6-7-15-16(11-14)21(4,5)9-8-20(15,2)3/h6-7,10-12H,8-9H2,1-5H3,(H,23,24)/b13-10-. The molecule has 1 aromatic heterocycles. The highest BCUT2D eigenvalue weighted by Crippen LogP contribution is 2.46. The fraction of sp³-hybridized carbons (Fsp3) is 0.429. The molecule has 25 heavy (non-hydrogen) atoms. The van der Waals surface area contributed by atoms with E-state index in [4.69, 9.17) is 9.63 Å². The topological polar surface area (TPSA) is 63.3 Å². The average molecular weight is 339 g/mol. The third-order valence-corrected chi connectivity index (χ3v) is 5.38. The molecule has 4 heteroatoms. The molecule has 3 rings (SSSR count). The Balaban J connectivity index is 2.00. The minimum Gasteiger partial charge on any atom is -0.476 e. The lowest BCUT2D eigenvalue weighted by Crippen LogP contribution is -2.33. The first-order valence-electron chi connectivity index (χ1n) is 8.64. The van der Waals surface area contributed by atoms with Crippen LogP contribution in [0.1, 0.15) is 80.4 Å². The van der Waals surface area contributed by atoms with Gasteiger partial charge in [-0.3, -0.25) is 0 Å². The lowest BCUT2D eigenvalue weighted by molar-refractivity contribution is 0.0685. The maximum atomic E-state index is 10.9. The summed E-state index contributed by atoms with van der Waals surface area (Å²) in [4.78, 5) is 10.9. The van der Waals surface area contributed by atoms with E-state index in [1.165, 1.54) is 30.0 Å². The fourth-order valence-corrected chi connectivity index (χ4v) is 3.58. The molecule has 1 N–H and O–H groups in total. The van der Waals surface area contributed by atoms with Crippen molar-refractivity contribution in [2.45, 2.75) is 58.3 Å². The van der Waals surface area contributed by atoms with Gasteiger partial charge in [-0.25, -0.2) is 4.79 Å². The molecule has 0 fully saturated rings. The van der Waals surface area contributed by atoms with Gasteiger partial charge in [-0.2, -0.15) is 0 Å². The van der Waals surface area contributed by atoms with Crippen LogP contribution in [0.25, 0.3) is 11.6 Å². The Bertz CT molecular complexity index is 856. The number of carboxylic acids is 1. The summed E-state index contributed by atoms with van der Waals surface area (Å²) in [5.41, 5.74) is 5.05. The van der Waals surface area contributed by atoms with Crippen LogP contribution in [0.2, 0.25) is 0 Å². The molecule has 4 nitrogen and oxygen atoms in total. The largest absolute Gasteiger partial charge is 0.476 e. The van der Waals surface area contributed by atoms with Crippen LogP contribution in [-0.2, 0) is 10.8 Å². The Hall–Kier alpha value is -2.36. The minimum atomic E-state index is -1.08. The molecule has 0 saturated carbocycles. The van der Waals surface area contributed by atoms with Gasteiger partial charge in [-0.15, -0.1) is 0 Å². The van der Waals surface area contributed by atoms with E-state index in [1.54, 1.807) is 0 Å². The van der Waals surface area contributed by atoms with E-state index in [0.717, 1.165) is 11.1 Å². The van der Waals surface area contributed by atoms with E-state index < -0.39 is 5.97 Å². The lowest BCUT2D eigenvalue weighted by Gasteiger charge is -2.42. The summed E-state index contributed by atoms with van der Waals surface area (Å²) in [6.07, 6.45) is 4.38. The van der Waals surface area contributed by atoms with Crippen molar-refractivity contribution in [2.24, 2.45) is 0 Å². The smallest absolute Gasteiger partial charge is 0.358 e. The van der Waals surface area contributed by atoms with Crippen molar-refractivity contribution in [1.82, 2.24) is 5.16 Å². The van der Waals surface area contributed by atoms with Crippen LogP contribution in [0.3, 0.4) is 0 Å². The van der Waals surface area contributed by atoms with E-state index >= 15 is 0 Å². The first-order valence-corrected chi connectivity index (χ1v) is 8.64. The maximum absolute atomic E-state index is 10.9. The summed E-state index contributed by atoms with van der Waals surface area (Å²) in [6.45, 7) is 11.1. The van der Waals surface area contributed by atoms with Gasteiger partial charge in [0.25, 0.3) is 0 Å². The number of carboxylic acid groups (broad SMARTS) is 1. The number of benzene rings is 1. The Morgan fingerprint density at radius 2 is 1.76 bits per heavy atom. The van der Waals surface area contributed by atoms with E-state index in [9.17, 15) is 4.79 Å². The van der Waals surface area contributed by atoms with Crippen molar-refractivity contribution >= 4 is 17.6 Å². The molecular formula is C21H25NO3. The van der Waals surface area contributed by atoms with Crippen LogP contribution in [0.4, 0.5) is 0 Å². The van der Waals surface area contributed by atoms with Crippen LogP contribution in [0.5, 0.6) is 0 Å². The summed E-state index contributed by atoms with van der Waals surface area (Å²) in [5.74, 6) is -0.602. The molecule has 1 aliphatic rings.